The van der Waals surface area contributed by atoms with Crippen molar-refractivity contribution >= 4 is 33.2 Å². The molecule has 0 aliphatic heterocycles. The quantitative estimate of drug-likeness (QED) is 0.704. The van der Waals surface area contributed by atoms with E-state index in [1.165, 1.54) is 11.3 Å². The van der Waals surface area contributed by atoms with Gasteiger partial charge in [-0.2, -0.15) is 0 Å². The third kappa shape index (κ3) is 4.07. The molecular weight excluding hydrogens is 290 g/mol. The fourth-order valence-electron chi connectivity index (χ4n) is 1.79. The van der Waals surface area contributed by atoms with Crippen LogP contribution in [-0.2, 0) is 16.0 Å². The van der Waals surface area contributed by atoms with Crippen molar-refractivity contribution in [3.63, 3.8) is 0 Å². The average Bonchev–Trinajstić information content (AvgIpc) is 2.84. The highest BCUT2D eigenvalue weighted by Crippen LogP contribution is 2.23. The molecule has 1 aromatic heterocycles. The standard InChI is InChI=1S/C14H17N3O3S/c1-8-2-3-11-12(4-8)21-13(17-11)5-9(19)6-16-14(20)10(15)7-18/h2-4,10,18H,5-7,15H2,1H3,(H,16,20)/t10-/m1/s1. The summed E-state index contributed by atoms with van der Waals surface area (Å²) in [4.78, 5) is 27.6. The van der Waals surface area contributed by atoms with Crippen LogP contribution in [0.2, 0.25) is 0 Å². The van der Waals surface area contributed by atoms with Crippen molar-refractivity contribution in [3.05, 3.63) is 28.8 Å². The maximum Gasteiger partial charge on any atom is 0.239 e. The number of rotatable bonds is 6. The molecule has 0 radical (unpaired) electrons. The summed E-state index contributed by atoms with van der Waals surface area (Å²) >= 11 is 1.48. The van der Waals surface area contributed by atoms with E-state index in [1.54, 1.807) is 0 Å². The van der Waals surface area contributed by atoms with Crippen molar-refractivity contribution in [3.8, 4) is 0 Å². The van der Waals surface area contributed by atoms with Crippen LogP contribution in [0.1, 0.15) is 10.6 Å². The number of aromatic nitrogens is 1. The van der Waals surface area contributed by atoms with E-state index < -0.39 is 18.6 Å². The lowest BCUT2D eigenvalue weighted by atomic mass is 10.2. The van der Waals surface area contributed by atoms with Crippen molar-refractivity contribution in [2.45, 2.75) is 19.4 Å². The highest BCUT2D eigenvalue weighted by molar-refractivity contribution is 7.18. The predicted octanol–water partition coefficient (Wildman–Crippen LogP) is 0.152. The SMILES string of the molecule is Cc1ccc2nc(CC(=O)CNC(=O)[C@H](N)CO)sc2c1. The van der Waals surface area contributed by atoms with E-state index in [-0.39, 0.29) is 18.7 Å². The van der Waals surface area contributed by atoms with Crippen LogP contribution in [0.4, 0.5) is 0 Å². The maximum absolute atomic E-state index is 11.8. The number of aliphatic hydroxyl groups excluding tert-OH is 1. The summed E-state index contributed by atoms with van der Waals surface area (Å²) in [6.45, 7) is 1.45. The number of hydrogen-bond acceptors (Lipinski definition) is 6. The zero-order valence-corrected chi connectivity index (χ0v) is 12.4. The van der Waals surface area contributed by atoms with Crippen molar-refractivity contribution < 1.29 is 14.7 Å². The molecule has 21 heavy (non-hydrogen) atoms. The van der Waals surface area contributed by atoms with Gasteiger partial charge in [-0.1, -0.05) is 6.07 Å². The number of nitrogens with zero attached hydrogens (tertiary/aromatic N) is 1. The molecule has 112 valence electrons. The Labute approximate surface area is 126 Å². The number of Topliss-reactive ketones (excluding diaryl/α,β-unsaturated/α-hetero) is 1. The summed E-state index contributed by atoms with van der Waals surface area (Å²) in [5.74, 6) is -0.685. The van der Waals surface area contributed by atoms with Crippen LogP contribution in [0.3, 0.4) is 0 Å². The molecule has 4 N–H and O–H groups in total. The number of aryl methyl sites for hydroxylation is 1. The van der Waals surface area contributed by atoms with Crippen LogP contribution in [0.15, 0.2) is 18.2 Å². The average molecular weight is 307 g/mol. The number of carbonyl (C=O) groups excluding carboxylic acids is 2. The minimum atomic E-state index is -0.997. The lowest BCUT2D eigenvalue weighted by Gasteiger charge is -2.08. The zero-order valence-electron chi connectivity index (χ0n) is 11.6. The summed E-state index contributed by atoms with van der Waals surface area (Å²) in [6, 6.07) is 4.94. The van der Waals surface area contributed by atoms with Crippen LogP contribution in [0.25, 0.3) is 10.2 Å². The molecule has 0 fully saturated rings. The summed E-state index contributed by atoms with van der Waals surface area (Å²) in [6.07, 6.45) is 0.174. The Morgan fingerprint density at radius 1 is 1.48 bits per heavy atom. The molecule has 7 heteroatoms. The molecule has 0 aliphatic carbocycles. The number of ketones is 1. The number of benzene rings is 1. The summed E-state index contributed by atoms with van der Waals surface area (Å²) in [5.41, 5.74) is 7.36. The number of fused-ring (bicyclic) bond motifs is 1. The molecule has 2 aromatic rings. The smallest absolute Gasteiger partial charge is 0.239 e. The van der Waals surface area contributed by atoms with Crippen LogP contribution < -0.4 is 11.1 Å². The van der Waals surface area contributed by atoms with Crippen molar-refractivity contribution in [2.75, 3.05) is 13.2 Å². The first-order chi connectivity index (χ1) is 9.99. The molecule has 2 rings (SSSR count). The van der Waals surface area contributed by atoms with Crippen molar-refractivity contribution in [2.24, 2.45) is 5.73 Å². The lowest BCUT2D eigenvalue weighted by molar-refractivity contribution is -0.126. The molecule has 1 atom stereocenters. The van der Waals surface area contributed by atoms with Gasteiger partial charge in [0, 0.05) is 0 Å². The van der Waals surface area contributed by atoms with Crippen LogP contribution >= 0.6 is 11.3 Å². The zero-order chi connectivity index (χ0) is 15.4. The third-order valence-corrected chi connectivity index (χ3v) is 3.95. The molecule has 1 heterocycles. The Morgan fingerprint density at radius 3 is 2.95 bits per heavy atom. The number of hydrogen-bond donors (Lipinski definition) is 3. The van der Waals surface area contributed by atoms with E-state index in [0.29, 0.717) is 0 Å². The Morgan fingerprint density at radius 2 is 2.24 bits per heavy atom. The fourth-order valence-corrected chi connectivity index (χ4v) is 2.88. The summed E-state index contributed by atoms with van der Waals surface area (Å²) < 4.78 is 1.05. The molecule has 1 amide bonds. The van der Waals surface area contributed by atoms with Crippen LogP contribution in [-0.4, -0.2) is 41.0 Å². The number of thiazole rings is 1. The summed E-state index contributed by atoms with van der Waals surface area (Å²) in [5, 5.41) is 11.9. The van der Waals surface area contributed by atoms with E-state index in [0.717, 1.165) is 20.8 Å². The molecule has 0 aliphatic rings. The second kappa shape index (κ2) is 6.75. The molecular formula is C14H17N3O3S. The van der Waals surface area contributed by atoms with Gasteiger partial charge in [-0.15, -0.1) is 11.3 Å². The maximum atomic E-state index is 11.8. The number of nitrogens with two attached hydrogens (primary N) is 1. The van der Waals surface area contributed by atoms with Gasteiger partial charge in [0.1, 0.15) is 11.0 Å². The largest absolute Gasteiger partial charge is 0.394 e. The minimum Gasteiger partial charge on any atom is -0.394 e. The second-order valence-electron chi connectivity index (χ2n) is 4.80. The number of nitrogens with one attached hydrogen (secondary N) is 1. The number of aliphatic hydroxyl groups is 1. The topological polar surface area (TPSA) is 105 Å². The van der Waals surface area contributed by atoms with Gasteiger partial charge in [0.15, 0.2) is 5.78 Å². The van der Waals surface area contributed by atoms with Crippen LogP contribution in [0, 0.1) is 6.92 Å². The molecule has 0 bridgehead atoms. The van der Waals surface area contributed by atoms with E-state index in [2.05, 4.69) is 10.3 Å². The monoisotopic (exact) mass is 307 g/mol. The van der Waals surface area contributed by atoms with E-state index in [9.17, 15) is 9.59 Å². The summed E-state index contributed by atoms with van der Waals surface area (Å²) in [7, 11) is 0. The first kappa shape index (κ1) is 15.6. The Hall–Kier alpha value is -1.83. The van der Waals surface area contributed by atoms with Gasteiger partial charge in [-0.3, -0.25) is 9.59 Å². The van der Waals surface area contributed by atoms with E-state index in [4.69, 9.17) is 10.8 Å². The Kier molecular flexibility index (Phi) is 5.00. The first-order valence-corrected chi connectivity index (χ1v) is 7.33. The van der Waals surface area contributed by atoms with Crippen molar-refractivity contribution in [1.29, 1.82) is 0 Å². The van der Waals surface area contributed by atoms with Gasteiger partial charge >= 0.3 is 0 Å². The third-order valence-electron chi connectivity index (χ3n) is 2.93. The number of carbonyl (C=O) groups is 2. The van der Waals surface area contributed by atoms with Gasteiger partial charge < -0.3 is 16.2 Å². The lowest BCUT2D eigenvalue weighted by Crippen LogP contribution is -2.44. The molecule has 0 spiro atoms. The Balaban J connectivity index is 1.93. The van der Waals surface area contributed by atoms with Gasteiger partial charge in [-0.05, 0) is 24.6 Å². The number of amides is 1. The minimum absolute atomic E-state index is 0.110. The molecule has 1 aromatic carbocycles. The van der Waals surface area contributed by atoms with Gasteiger partial charge in [0.05, 0.1) is 29.8 Å². The van der Waals surface area contributed by atoms with Gasteiger partial charge in [0.25, 0.3) is 0 Å². The van der Waals surface area contributed by atoms with Gasteiger partial charge in [0.2, 0.25) is 5.91 Å². The molecule has 6 nitrogen and oxygen atoms in total. The Bertz CT molecular complexity index is 669. The van der Waals surface area contributed by atoms with E-state index >= 15 is 0 Å². The second-order valence-corrected chi connectivity index (χ2v) is 5.92. The normalized spacial score (nSPS) is 12.3. The van der Waals surface area contributed by atoms with Crippen LogP contribution in [0.5, 0.6) is 0 Å². The fraction of sp³-hybridized carbons (Fsp3) is 0.357. The molecule has 0 saturated heterocycles. The highest BCUT2D eigenvalue weighted by Gasteiger charge is 2.14. The molecule has 0 saturated carbocycles. The highest BCUT2D eigenvalue weighted by atomic mass is 32.1. The van der Waals surface area contributed by atoms with Crippen molar-refractivity contribution in [1.82, 2.24) is 10.3 Å². The van der Waals surface area contributed by atoms with Gasteiger partial charge in [-0.25, -0.2) is 4.98 Å². The first-order valence-electron chi connectivity index (χ1n) is 6.51. The predicted molar refractivity (Wildman–Crippen MR) is 81.1 cm³/mol. The van der Waals surface area contributed by atoms with E-state index in [1.807, 2.05) is 25.1 Å². The molecule has 0 unspecified atom stereocenters.